The Morgan fingerprint density at radius 1 is 0.839 bits per heavy atom. The smallest absolute Gasteiger partial charge is 0.308 e. The van der Waals surface area contributed by atoms with Gasteiger partial charge in [0.15, 0.2) is 0 Å². The molecule has 4 N–H and O–H groups in total. The molecule has 0 atom stereocenters. The minimum Gasteiger partial charge on any atom is -0.508 e. The van der Waals surface area contributed by atoms with Crippen LogP contribution in [0, 0.1) is 0 Å². The summed E-state index contributed by atoms with van der Waals surface area (Å²) in [6.07, 6.45) is 0. The van der Waals surface area contributed by atoms with Gasteiger partial charge in [-0.05, 0) is 42.0 Å². The number of ether oxygens (including phenoxy) is 1. The number of nitrogens with one attached hydrogen (secondary N) is 2. The van der Waals surface area contributed by atoms with E-state index in [-0.39, 0.29) is 35.3 Å². The number of benzene rings is 3. The Bertz CT molecular complexity index is 1120. The summed E-state index contributed by atoms with van der Waals surface area (Å²) in [6.45, 7) is 1.40. The highest BCUT2D eigenvalue weighted by molar-refractivity contribution is 6.05. The molecule has 0 fully saturated rings. The molecular formula is C23H20N2O6. The molecule has 158 valence electrons. The van der Waals surface area contributed by atoms with Crippen molar-refractivity contribution in [1.29, 1.82) is 0 Å². The fourth-order valence-electron chi connectivity index (χ4n) is 2.86. The van der Waals surface area contributed by atoms with Crippen LogP contribution in [0.15, 0.2) is 66.7 Å². The summed E-state index contributed by atoms with van der Waals surface area (Å²) in [6, 6.07) is 16.7. The normalized spacial score (nSPS) is 10.2. The van der Waals surface area contributed by atoms with Crippen LogP contribution in [0.5, 0.6) is 17.2 Å². The number of carbonyl (C=O) groups excluding carboxylic acids is 3. The molecular weight excluding hydrogens is 400 g/mol. The Kier molecular flexibility index (Phi) is 6.51. The van der Waals surface area contributed by atoms with Gasteiger partial charge in [-0.25, -0.2) is 0 Å². The van der Waals surface area contributed by atoms with E-state index >= 15 is 0 Å². The highest BCUT2D eigenvalue weighted by atomic mass is 16.5. The summed E-state index contributed by atoms with van der Waals surface area (Å²) >= 11 is 0. The predicted octanol–water partition coefficient (Wildman–Crippen LogP) is 3.21. The number of hydrogen-bond donors (Lipinski definition) is 4. The van der Waals surface area contributed by atoms with E-state index in [4.69, 9.17) is 4.74 Å². The van der Waals surface area contributed by atoms with Gasteiger partial charge in [-0.15, -0.1) is 0 Å². The molecule has 0 aliphatic carbocycles. The number of para-hydroxylation sites is 1. The second kappa shape index (κ2) is 9.45. The molecule has 0 bridgehead atoms. The average molecular weight is 420 g/mol. The van der Waals surface area contributed by atoms with Gasteiger partial charge >= 0.3 is 5.97 Å². The van der Waals surface area contributed by atoms with Gasteiger partial charge in [0.1, 0.15) is 17.2 Å². The Morgan fingerprint density at radius 2 is 1.55 bits per heavy atom. The van der Waals surface area contributed by atoms with Crippen LogP contribution in [0.2, 0.25) is 0 Å². The van der Waals surface area contributed by atoms with E-state index in [0.717, 1.165) is 6.07 Å². The maximum atomic E-state index is 12.5. The average Bonchev–Trinajstić information content (AvgIpc) is 2.72. The van der Waals surface area contributed by atoms with Crippen LogP contribution in [-0.4, -0.2) is 28.0 Å². The van der Waals surface area contributed by atoms with Crippen molar-refractivity contribution in [3.8, 4) is 17.2 Å². The molecule has 0 spiro atoms. The van der Waals surface area contributed by atoms with Gasteiger partial charge in [0.2, 0.25) is 0 Å². The number of carbonyl (C=O) groups is 3. The Morgan fingerprint density at radius 3 is 2.26 bits per heavy atom. The molecule has 31 heavy (non-hydrogen) atoms. The minimum absolute atomic E-state index is 0.0821. The lowest BCUT2D eigenvalue weighted by atomic mass is 10.1. The summed E-state index contributed by atoms with van der Waals surface area (Å²) in [4.78, 5) is 36.1. The number of rotatable bonds is 6. The molecule has 0 heterocycles. The van der Waals surface area contributed by atoms with Gasteiger partial charge in [0.25, 0.3) is 11.8 Å². The number of amides is 2. The summed E-state index contributed by atoms with van der Waals surface area (Å²) in [5.74, 6) is -1.60. The fraction of sp³-hybridized carbons (Fsp3) is 0.0870. The monoisotopic (exact) mass is 420 g/mol. The number of phenolic OH excluding ortho intramolecular Hbond substituents is 2. The Labute approximate surface area is 178 Å². The zero-order valence-electron chi connectivity index (χ0n) is 16.6. The largest absolute Gasteiger partial charge is 0.508 e. The van der Waals surface area contributed by atoms with Crippen molar-refractivity contribution in [2.45, 2.75) is 13.5 Å². The molecule has 0 radical (unpaired) electrons. The van der Waals surface area contributed by atoms with Crippen molar-refractivity contribution in [2.24, 2.45) is 0 Å². The fourth-order valence-corrected chi connectivity index (χ4v) is 2.86. The first-order valence-corrected chi connectivity index (χ1v) is 9.31. The number of aromatic hydroxyl groups is 2. The van der Waals surface area contributed by atoms with Crippen molar-refractivity contribution in [3.05, 3.63) is 83.4 Å². The van der Waals surface area contributed by atoms with Crippen LogP contribution in [0.4, 0.5) is 5.69 Å². The first-order chi connectivity index (χ1) is 14.8. The number of esters is 1. The SMILES string of the molecule is CC(=O)Oc1cccc(C(=O)NCc2ccccc2NC(=O)c2cc(O)cc(O)c2)c1. The van der Waals surface area contributed by atoms with Crippen LogP contribution in [0.1, 0.15) is 33.2 Å². The van der Waals surface area contributed by atoms with E-state index < -0.39 is 11.9 Å². The molecule has 3 aromatic carbocycles. The maximum Gasteiger partial charge on any atom is 0.308 e. The topological polar surface area (TPSA) is 125 Å². The standard InChI is InChI=1S/C23H20N2O6/c1-14(26)31-20-7-4-6-15(11-20)22(29)24-13-16-5-2-3-8-21(16)25-23(30)17-9-18(27)12-19(28)10-17/h2-12,27-28H,13H2,1H3,(H,24,29)(H,25,30). The highest BCUT2D eigenvalue weighted by Crippen LogP contribution is 2.22. The molecule has 0 saturated heterocycles. The second-order valence-electron chi connectivity index (χ2n) is 6.65. The van der Waals surface area contributed by atoms with Crippen LogP contribution in [-0.2, 0) is 11.3 Å². The molecule has 3 aromatic rings. The maximum absolute atomic E-state index is 12.5. The molecule has 0 aliphatic heterocycles. The van der Waals surface area contributed by atoms with E-state index in [1.165, 1.54) is 25.1 Å². The Balaban J connectivity index is 1.70. The van der Waals surface area contributed by atoms with Crippen molar-refractivity contribution in [3.63, 3.8) is 0 Å². The number of phenols is 2. The van der Waals surface area contributed by atoms with Gasteiger partial charge in [-0.3, -0.25) is 14.4 Å². The molecule has 0 unspecified atom stereocenters. The van der Waals surface area contributed by atoms with E-state index in [1.807, 2.05) is 0 Å². The van der Waals surface area contributed by atoms with Crippen molar-refractivity contribution < 1.29 is 29.3 Å². The molecule has 0 aliphatic rings. The zero-order valence-corrected chi connectivity index (χ0v) is 16.6. The van der Waals surface area contributed by atoms with E-state index in [2.05, 4.69) is 10.6 Å². The number of anilines is 1. The van der Waals surface area contributed by atoms with Crippen molar-refractivity contribution in [2.75, 3.05) is 5.32 Å². The van der Waals surface area contributed by atoms with E-state index in [1.54, 1.807) is 42.5 Å². The number of hydrogen-bond acceptors (Lipinski definition) is 6. The van der Waals surface area contributed by atoms with E-state index in [0.29, 0.717) is 16.8 Å². The van der Waals surface area contributed by atoms with Crippen molar-refractivity contribution >= 4 is 23.5 Å². The van der Waals surface area contributed by atoms with Gasteiger partial charge in [-0.2, -0.15) is 0 Å². The highest BCUT2D eigenvalue weighted by Gasteiger charge is 2.13. The third kappa shape index (κ3) is 5.83. The second-order valence-corrected chi connectivity index (χ2v) is 6.65. The summed E-state index contributed by atoms with van der Waals surface area (Å²) in [5.41, 5.74) is 1.50. The minimum atomic E-state index is -0.529. The van der Waals surface area contributed by atoms with Crippen LogP contribution < -0.4 is 15.4 Å². The molecule has 8 heteroatoms. The predicted molar refractivity (Wildman–Crippen MR) is 113 cm³/mol. The van der Waals surface area contributed by atoms with Gasteiger partial charge in [0.05, 0.1) is 0 Å². The zero-order chi connectivity index (χ0) is 22.4. The molecule has 2 amide bonds. The molecule has 0 aromatic heterocycles. The molecule has 3 rings (SSSR count). The summed E-state index contributed by atoms with van der Waals surface area (Å²) in [7, 11) is 0. The van der Waals surface area contributed by atoms with Gasteiger partial charge < -0.3 is 25.6 Å². The van der Waals surface area contributed by atoms with Gasteiger partial charge in [-0.1, -0.05) is 24.3 Å². The first-order valence-electron chi connectivity index (χ1n) is 9.31. The third-order valence-electron chi connectivity index (χ3n) is 4.23. The van der Waals surface area contributed by atoms with Crippen LogP contribution in [0.25, 0.3) is 0 Å². The van der Waals surface area contributed by atoms with Crippen molar-refractivity contribution in [1.82, 2.24) is 5.32 Å². The molecule has 8 nitrogen and oxygen atoms in total. The lowest BCUT2D eigenvalue weighted by Gasteiger charge is -2.13. The first kappa shape index (κ1) is 21.4. The van der Waals surface area contributed by atoms with E-state index in [9.17, 15) is 24.6 Å². The van der Waals surface area contributed by atoms with Crippen LogP contribution >= 0.6 is 0 Å². The summed E-state index contributed by atoms with van der Waals surface area (Å²) < 4.78 is 4.99. The Hall–Kier alpha value is -4.33. The lowest BCUT2D eigenvalue weighted by molar-refractivity contribution is -0.131. The molecule has 0 saturated carbocycles. The third-order valence-corrected chi connectivity index (χ3v) is 4.23. The quantitative estimate of drug-likeness (QED) is 0.359. The lowest BCUT2D eigenvalue weighted by Crippen LogP contribution is -2.24. The van der Waals surface area contributed by atoms with Crippen LogP contribution in [0.3, 0.4) is 0 Å². The summed E-state index contributed by atoms with van der Waals surface area (Å²) in [5, 5.41) is 24.6. The van der Waals surface area contributed by atoms with Gasteiger partial charge in [0, 0.05) is 36.3 Å².